The third-order valence-electron chi connectivity index (χ3n) is 2.76. The zero-order valence-corrected chi connectivity index (χ0v) is 10.1. The molecule has 0 spiro atoms. The van der Waals surface area contributed by atoms with E-state index in [-0.39, 0.29) is 11.3 Å². The Hall–Kier alpha value is -2.30. The molecule has 1 aromatic heterocycles. The number of hydrogen-bond donors (Lipinski definition) is 2. The molecule has 0 saturated heterocycles. The molecule has 0 unspecified atom stereocenters. The molecule has 5 heteroatoms. The van der Waals surface area contributed by atoms with Crippen molar-refractivity contribution in [2.75, 3.05) is 5.73 Å². The smallest absolute Gasteiger partial charge is 0.337 e. The maximum Gasteiger partial charge on any atom is 0.337 e. The quantitative estimate of drug-likeness (QED) is 0.808. The van der Waals surface area contributed by atoms with Gasteiger partial charge >= 0.3 is 5.97 Å². The van der Waals surface area contributed by atoms with Gasteiger partial charge in [-0.05, 0) is 18.6 Å². The summed E-state index contributed by atoms with van der Waals surface area (Å²) >= 11 is 0. The Kier molecular flexibility index (Phi) is 3.32. The lowest BCUT2D eigenvalue weighted by Gasteiger charge is -2.11. The van der Waals surface area contributed by atoms with Crippen LogP contribution in [-0.4, -0.2) is 20.6 Å². The molecule has 0 amide bonds. The van der Waals surface area contributed by atoms with Crippen molar-refractivity contribution in [2.45, 2.75) is 19.8 Å². The summed E-state index contributed by atoms with van der Waals surface area (Å²) in [5, 5.41) is 9.06. The molecule has 0 aliphatic carbocycles. The zero-order chi connectivity index (χ0) is 13.1. The van der Waals surface area contributed by atoms with Gasteiger partial charge in [-0.3, -0.25) is 0 Å². The Morgan fingerprint density at radius 3 is 2.94 bits per heavy atom. The number of imidazole rings is 1. The van der Waals surface area contributed by atoms with E-state index in [4.69, 9.17) is 10.8 Å². The van der Waals surface area contributed by atoms with E-state index in [9.17, 15) is 4.79 Å². The molecule has 3 N–H and O–H groups in total. The van der Waals surface area contributed by atoms with Crippen molar-refractivity contribution in [3.8, 4) is 5.69 Å². The van der Waals surface area contributed by atoms with Crippen molar-refractivity contribution in [3.63, 3.8) is 0 Å². The van der Waals surface area contributed by atoms with Gasteiger partial charge in [0.25, 0.3) is 0 Å². The maximum absolute atomic E-state index is 11.0. The highest BCUT2D eigenvalue weighted by Crippen LogP contribution is 2.23. The summed E-state index contributed by atoms with van der Waals surface area (Å²) in [5.74, 6) is -0.141. The van der Waals surface area contributed by atoms with Gasteiger partial charge in [-0.15, -0.1) is 0 Å². The first-order valence-corrected chi connectivity index (χ1v) is 5.79. The lowest BCUT2D eigenvalue weighted by Crippen LogP contribution is -2.08. The minimum atomic E-state index is -1.02. The van der Waals surface area contributed by atoms with Crippen LogP contribution in [0.2, 0.25) is 0 Å². The number of aryl methyl sites for hydroxylation is 1. The summed E-state index contributed by atoms with van der Waals surface area (Å²) in [4.78, 5) is 15.3. The Labute approximate surface area is 105 Å². The molecule has 0 radical (unpaired) electrons. The average Bonchev–Trinajstić information content (AvgIpc) is 2.77. The zero-order valence-electron chi connectivity index (χ0n) is 10.1. The average molecular weight is 245 g/mol. The molecule has 0 atom stereocenters. The highest BCUT2D eigenvalue weighted by Gasteiger charge is 2.13. The van der Waals surface area contributed by atoms with Crippen LogP contribution in [0.15, 0.2) is 30.6 Å². The van der Waals surface area contributed by atoms with Crippen molar-refractivity contribution >= 4 is 11.7 Å². The summed E-state index contributed by atoms with van der Waals surface area (Å²) in [6.07, 6.45) is 5.28. The number of anilines is 1. The summed E-state index contributed by atoms with van der Waals surface area (Å²) in [6.45, 7) is 2.07. The third-order valence-corrected chi connectivity index (χ3v) is 2.76. The summed E-state index contributed by atoms with van der Waals surface area (Å²) < 4.78 is 1.84. The van der Waals surface area contributed by atoms with Crippen molar-refractivity contribution < 1.29 is 9.90 Å². The number of aromatic carboxylic acids is 1. The number of hydrogen-bond acceptors (Lipinski definition) is 3. The van der Waals surface area contributed by atoms with E-state index in [0.29, 0.717) is 5.69 Å². The van der Waals surface area contributed by atoms with Crippen LogP contribution in [0.3, 0.4) is 0 Å². The standard InChI is InChI=1S/C13H15N3O2/c1-2-4-11-15-7-8-16(11)10-6-3-5-9(12(10)14)13(17)18/h3,5-8H,2,4,14H2,1H3,(H,17,18). The highest BCUT2D eigenvalue weighted by atomic mass is 16.4. The molecule has 2 rings (SSSR count). The first-order valence-electron chi connectivity index (χ1n) is 5.79. The molecule has 0 bridgehead atoms. The number of carbonyl (C=O) groups is 1. The van der Waals surface area contributed by atoms with Gasteiger partial charge in [-0.25, -0.2) is 9.78 Å². The van der Waals surface area contributed by atoms with Gasteiger partial charge in [0.05, 0.1) is 16.9 Å². The van der Waals surface area contributed by atoms with Crippen LogP contribution in [0.5, 0.6) is 0 Å². The second-order valence-corrected chi connectivity index (χ2v) is 4.01. The number of rotatable bonds is 4. The first-order chi connectivity index (χ1) is 8.65. The fraction of sp³-hybridized carbons (Fsp3) is 0.231. The summed E-state index contributed by atoms with van der Waals surface area (Å²) in [5.41, 5.74) is 6.95. The molecule has 5 nitrogen and oxygen atoms in total. The maximum atomic E-state index is 11.0. The number of aromatic nitrogens is 2. The van der Waals surface area contributed by atoms with Gasteiger partial charge in [0.1, 0.15) is 5.82 Å². The third kappa shape index (κ3) is 2.07. The van der Waals surface area contributed by atoms with Crippen LogP contribution in [-0.2, 0) is 6.42 Å². The van der Waals surface area contributed by atoms with Gasteiger partial charge in [0.15, 0.2) is 0 Å². The van der Waals surface area contributed by atoms with Gasteiger partial charge in [-0.1, -0.05) is 13.0 Å². The molecule has 0 aliphatic rings. The van der Waals surface area contributed by atoms with Gasteiger partial charge in [-0.2, -0.15) is 0 Å². The molecule has 0 fully saturated rings. The number of benzene rings is 1. The molecular weight excluding hydrogens is 230 g/mol. The molecule has 94 valence electrons. The van der Waals surface area contributed by atoms with E-state index in [0.717, 1.165) is 18.7 Å². The number of carboxylic acid groups (broad SMARTS) is 1. The minimum absolute atomic E-state index is 0.114. The number of carboxylic acids is 1. The van der Waals surface area contributed by atoms with Crippen LogP contribution in [0.4, 0.5) is 5.69 Å². The second kappa shape index (κ2) is 4.91. The largest absolute Gasteiger partial charge is 0.478 e. The van der Waals surface area contributed by atoms with Crippen molar-refractivity contribution in [1.82, 2.24) is 9.55 Å². The minimum Gasteiger partial charge on any atom is -0.478 e. The molecule has 1 heterocycles. The molecule has 0 aliphatic heterocycles. The van der Waals surface area contributed by atoms with Crippen LogP contribution in [0, 0.1) is 0 Å². The van der Waals surface area contributed by atoms with Crippen molar-refractivity contribution in [2.24, 2.45) is 0 Å². The fourth-order valence-electron chi connectivity index (χ4n) is 1.91. The number of nitrogens with two attached hydrogens (primary N) is 1. The number of nitrogen functional groups attached to an aromatic ring is 1. The molecule has 18 heavy (non-hydrogen) atoms. The second-order valence-electron chi connectivity index (χ2n) is 4.01. The van der Waals surface area contributed by atoms with E-state index in [1.807, 2.05) is 4.57 Å². The predicted octanol–water partition coefficient (Wildman–Crippen LogP) is 2.11. The van der Waals surface area contributed by atoms with Gasteiger partial charge in [0.2, 0.25) is 0 Å². The molecular formula is C13H15N3O2. The van der Waals surface area contributed by atoms with Gasteiger partial charge in [0, 0.05) is 18.8 Å². The topological polar surface area (TPSA) is 81.1 Å². The van der Waals surface area contributed by atoms with Crippen LogP contribution < -0.4 is 5.73 Å². The molecule has 1 aromatic carbocycles. The number of para-hydroxylation sites is 1. The van der Waals surface area contributed by atoms with E-state index in [1.165, 1.54) is 6.07 Å². The fourth-order valence-corrected chi connectivity index (χ4v) is 1.91. The SMILES string of the molecule is CCCc1nccn1-c1cccc(C(=O)O)c1N. The van der Waals surface area contributed by atoms with E-state index in [2.05, 4.69) is 11.9 Å². The highest BCUT2D eigenvalue weighted by molar-refractivity contribution is 5.95. The van der Waals surface area contributed by atoms with Crippen LogP contribution in [0.1, 0.15) is 29.5 Å². The van der Waals surface area contributed by atoms with Crippen LogP contribution in [0.25, 0.3) is 5.69 Å². The Morgan fingerprint density at radius 1 is 1.50 bits per heavy atom. The van der Waals surface area contributed by atoms with Crippen molar-refractivity contribution in [1.29, 1.82) is 0 Å². The summed E-state index contributed by atoms with van der Waals surface area (Å²) in [6, 6.07) is 4.98. The van der Waals surface area contributed by atoms with Crippen LogP contribution >= 0.6 is 0 Å². The molecule has 2 aromatic rings. The monoisotopic (exact) mass is 245 g/mol. The number of nitrogens with zero attached hydrogens (tertiary/aromatic N) is 2. The van der Waals surface area contributed by atoms with E-state index >= 15 is 0 Å². The first kappa shape index (κ1) is 12.2. The van der Waals surface area contributed by atoms with Gasteiger partial charge < -0.3 is 15.4 Å². The summed E-state index contributed by atoms with van der Waals surface area (Å²) in [7, 11) is 0. The van der Waals surface area contributed by atoms with Crippen molar-refractivity contribution in [3.05, 3.63) is 42.0 Å². The predicted molar refractivity (Wildman–Crippen MR) is 68.9 cm³/mol. The Morgan fingerprint density at radius 2 is 2.28 bits per heavy atom. The Bertz CT molecular complexity index is 575. The normalized spacial score (nSPS) is 10.5. The van der Waals surface area contributed by atoms with E-state index < -0.39 is 5.97 Å². The lowest BCUT2D eigenvalue weighted by molar-refractivity contribution is 0.0698. The Balaban J connectivity index is 2.54. The lowest BCUT2D eigenvalue weighted by atomic mass is 10.1. The van der Waals surface area contributed by atoms with E-state index in [1.54, 1.807) is 24.5 Å². The molecule has 0 saturated carbocycles.